The van der Waals surface area contributed by atoms with Gasteiger partial charge in [0.15, 0.2) is 0 Å². The summed E-state index contributed by atoms with van der Waals surface area (Å²) in [6.45, 7) is 0. The summed E-state index contributed by atoms with van der Waals surface area (Å²) in [4.78, 5) is 5.66. The molecule has 276 valence electrons. The van der Waals surface area contributed by atoms with Crippen LogP contribution in [0.4, 0.5) is 0 Å². The normalized spacial score (nSPS) is 12.5. The van der Waals surface area contributed by atoms with E-state index >= 15 is 0 Å². The molecule has 0 aliphatic heterocycles. The molecule has 1 aromatic heterocycles. The van der Waals surface area contributed by atoms with Crippen molar-refractivity contribution in [2.75, 3.05) is 0 Å². The average molecular weight is 750 g/mol. The second kappa shape index (κ2) is 14.4. The van der Waals surface area contributed by atoms with Gasteiger partial charge >= 0.3 is 0 Å². The third-order valence-corrected chi connectivity index (χ3v) is 12.2. The van der Waals surface area contributed by atoms with E-state index in [4.69, 9.17) is 4.98 Å². The summed E-state index contributed by atoms with van der Waals surface area (Å²) >= 11 is 0. The van der Waals surface area contributed by atoms with Gasteiger partial charge in [-0.15, -0.1) is 0 Å². The van der Waals surface area contributed by atoms with Crippen LogP contribution >= 0.6 is 0 Å². The lowest BCUT2D eigenvalue weighted by molar-refractivity contribution is 0.769. The fourth-order valence-corrected chi connectivity index (χ4v) is 9.45. The standard InChI is InChI=1S/C58H39N/c1-5-17-40(18-6-1)42-29-31-44(32-30-42)47-38-54(45-35-33-43(34-36-45)41-19-7-2-8-20-41)59-55(39-47)57-50-26-14-13-21-46(50)37-53-56(57)51-27-15-16-28-52(51)58(53,48-22-9-3-10-23-48)49-24-11-4-12-25-49/h1-39H. The van der Waals surface area contributed by atoms with Crippen molar-refractivity contribution < 1.29 is 0 Å². The van der Waals surface area contributed by atoms with E-state index in [9.17, 15) is 0 Å². The Morgan fingerprint density at radius 1 is 0.288 bits per heavy atom. The van der Waals surface area contributed by atoms with Crippen LogP contribution in [0.25, 0.3) is 77.8 Å². The summed E-state index contributed by atoms with van der Waals surface area (Å²) in [6, 6.07) is 86.0. The molecule has 1 nitrogen and oxygen atoms in total. The molecule has 0 saturated carbocycles. The Hall–Kier alpha value is -7.61. The zero-order valence-corrected chi connectivity index (χ0v) is 32.5. The van der Waals surface area contributed by atoms with Crippen LogP contribution in [0.1, 0.15) is 22.3 Å². The van der Waals surface area contributed by atoms with E-state index in [1.165, 1.54) is 66.4 Å². The number of rotatable bonds is 7. The maximum atomic E-state index is 5.66. The van der Waals surface area contributed by atoms with Gasteiger partial charge in [0.1, 0.15) is 0 Å². The number of pyridine rings is 1. The summed E-state index contributed by atoms with van der Waals surface area (Å²) in [5.41, 5.74) is 18.2. The summed E-state index contributed by atoms with van der Waals surface area (Å²) in [5, 5.41) is 2.38. The van der Waals surface area contributed by atoms with Crippen LogP contribution in [-0.2, 0) is 5.41 Å². The van der Waals surface area contributed by atoms with Crippen LogP contribution in [0.15, 0.2) is 237 Å². The smallest absolute Gasteiger partial charge is 0.0728 e. The molecule has 0 saturated heterocycles. The SMILES string of the molecule is c1ccc(-c2ccc(-c3cc(-c4ccc(-c5ccccc5)cc4)nc(-c4c5c(cc6ccccc46)C(c4ccccc4)(c4ccccc4)c4ccccc4-5)c3)cc2)cc1. The molecule has 0 bridgehead atoms. The van der Waals surface area contributed by atoms with Crippen LogP contribution in [0.3, 0.4) is 0 Å². The highest BCUT2D eigenvalue weighted by Crippen LogP contribution is 2.59. The first kappa shape index (κ1) is 34.6. The average Bonchev–Trinajstić information content (AvgIpc) is 3.62. The minimum Gasteiger partial charge on any atom is -0.248 e. The summed E-state index contributed by atoms with van der Waals surface area (Å²) in [6.07, 6.45) is 0. The highest BCUT2D eigenvalue weighted by molar-refractivity contribution is 6.09. The molecule has 1 aliphatic carbocycles. The highest BCUT2D eigenvalue weighted by atomic mass is 14.7. The van der Waals surface area contributed by atoms with Crippen molar-refractivity contribution in [3.8, 4) is 67.0 Å². The van der Waals surface area contributed by atoms with Gasteiger partial charge in [0.25, 0.3) is 0 Å². The van der Waals surface area contributed by atoms with Crippen LogP contribution in [0.5, 0.6) is 0 Å². The van der Waals surface area contributed by atoms with Crippen molar-refractivity contribution in [2.24, 2.45) is 0 Å². The molecule has 0 N–H and O–H groups in total. The van der Waals surface area contributed by atoms with Gasteiger partial charge in [-0.05, 0) is 95.7 Å². The van der Waals surface area contributed by atoms with E-state index in [1.807, 2.05) is 0 Å². The van der Waals surface area contributed by atoms with Gasteiger partial charge in [-0.25, -0.2) is 4.98 Å². The first-order valence-electron chi connectivity index (χ1n) is 20.4. The molecule has 1 heterocycles. The molecule has 0 amide bonds. The number of nitrogens with zero attached hydrogens (tertiary/aromatic N) is 1. The first-order chi connectivity index (χ1) is 29.3. The van der Waals surface area contributed by atoms with Gasteiger partial charge < -0.3 is 0 Å². The Labute approximate surface area is 345 Å². The topological polar surface area (TPSA) is 12.9 Å². The number of hydrogen-bond donors (Lipinski definition) is 0. The molecule has 1 heteroatoms. The Morgan fingerprint density at radius 2 is 0.729 bits per heavy atom. The zero-order valence-electron chi connectivity index (χ0n) is 32.5. The quantitative estimate of drug-likeness (QED) is 0.158. The van der Waals surface area contributed by atoms with Gasteiger partial charge in [-0.3, -0.25) is 0 Å². The minimum atomic E-state index is -0.534. The van der Waals surface area contributed by atoms with Crippen molar-refractivity contribution in [1.82, 2.24) is 4.98 Å². The van der Waals surface area contributed by atoms with Gasteiger partial charge in [-0.1, -0.05) is 218 Å². The maximum absolute atomic E-state index is 5.66. The Balaban J connectivity index is 1.19. The molecule has 0 atom stereocenters. The molecule has 1 aliphatic rings. The molecule has 9 aromatic carbocycles. The maximum Gasteiger partial charge on any atom is 0.0728 e. The van der Waals surface area contributed by atoms with Crippen molar-refractivity contribution in [3.63, 3.8) is 0 Å². The predicted molar refractivity (Wildman–Crippen MR) is 246 cm³/mol. The van der Waals surface area contributed by atoms with E-state index in [1.54, 1.807) is 0 Å². The van der Waals surface area contributed by atoms with Gasteiger partial charge in [0.2, 0.25) is 0 Å². The fraction of sp³-hybridized carbons (Fsp3) is 0.0172. The number of hydrogen-bond acceptors (Lipinski definition) is 1. The third kappa shape index (κ3) is 5.82. The van der Waals surface area contributed by atoms with E-state index in [-0.39, 0.29) is 0 Å². The molecule has 59 heavy (non-hydrogen) atoms. The number of aromatic nitrogens is 1. The van der Waals surface area contributed by atoms with Crippen molar-refractivity contribution in [2.45, 2.75) is 5.41 Å². The second-order valence-electron chi connectivity index (χ2n) is 15.4. The summed E-state index contributed by atoms with van der Waals surface area (Å²) in [7, 11) is 0. The van der Waals surface area contributed by atoms with Crippen LogP contribution in [0, 0.1) is 0 Å². The number of benzene rings is 9. The fourth-order valence-electron chi connectivity index (χ4n) is 9.45. The van der Waals surface area contributed by atoms with Crippen molar-refractivity contribution in [1.29, 1.82) is 0 Å². The van der Waals surface area contributed by atoms with Crippen LogP contribution in [0.2, 0.25) is 0 Å². The van der Waals surface area contributed by atoms with E-state index in [0.29, 0.717) is 0 Å². The van der Waals surface area contributed by atoms with Crippen LogP contribution in [-0.4, -0.2) is 4.98 Å². The summed E-state index contributed by atoms with van der Waals surface area (Å²) < 4.78 is 0. The Kier molecular flexibility index (Phi) is 8.45. The third-order valence-electron chi connectivity index (χ3n) is 12.2. The van der Waals surface area contributed by atoms with Gasteiger partial charge in [0, 0.05) is 11.1 Å². The predicted octanol–water partition coefficient (Wildman–Crippen LogP) is 14.9. The van der Waals surface area contributed by atoms with E-state index in [2.05, 4.69) is 237 Å². The Bertz CT molecular complexity index is 2960. The van der Waals surface area contributed by atoms with E-state index < -0.39 is 5.41 Å². The summed E-state index contributed by atoms with van der Waals surface area (Å²) in [5.74, 6) is 0. The molecular formula is C58H39N. The molecule has 10 aromatic rings. The monoisotopic (exact) mass is 749 g/mol. The molecule has 0 radical (unpaired) electrons. The molecular weight excluding hydrogens is 711 g/mol. The van der Waals surface area contributed by atoms with Gasteiger partial charge in [-0.2, -0.15) is 0 Å². The molecule has 0 fully saturated rings. The Morgan fingerprint density at radius 3 is 1.32 bits per heavy atom. The lowest BCUT2D eigenvalue weighted by Gasteiger charge is -2.34. The van der Waals surface area contributed by atoms with Gasteiger partial charge in [0.05, 0.1) is 16.8 Å². The highest BCUT2D eigenvalue weighted by Gasteiger charge is 2.47. The molecule has 0 spiro atoms. The second-order valence-corrected chi connectivity index (χ2v) is 15.4. The number of fused-ring (bicyclic) bond motifs is 4. The lowest BCUT2D eigenvalue weighted by atomic mass is 9.67. The lowest BCUT2D eigenvalue weighted by Crippen LogP contribution is -2.28. The molecule has 0 unspecified atom stereocenters. The van der Waals surface area contributed by atoms with E-state index in [0.717, 1.165) is 33.6 Å². The largest absolute Gasteiger partial charge is 0.248 e. The van der Waals surface area contributed by atoms with Crippen molar-refractivity contribution in [3.05, 3.63) is 259 Å². The minimum absolute atomic E-state index is 0.534. The van der Waals surface area contributed by atoms with Crippen molar-refractivity contribution >= 4 is 10.8 Å². The zero-order chi connectivity index (χ0) is 39.2. The molecule has 11 rings (SSSR count). The van der Waals surface area contributed by atoms with Crippen LogP contribution < -0.4 is 0 Å². The first-order valence-corrected chi connectivity index (χ1v) is 20.4.